The van der Waals surface area contributed by atoms with Crippen LogP contribution in [0.25, 0.3) is 0 Å². The van der Waals surface area contributed by atoms with Gasteiger partial charge in [-0.25, -0.2) is 8.78 Å². The van der Waals surface area contributed by atoms with Crippen LogP contribution in [-0.2, 0) is 0 Å². The van der Waals surface area contributed by atoms with Crippen molar-refractivity contribution in [3.8, 4) is 0 Å². The Bertz CT molecular complexity index is 372. The first kappa shape index (κ1) is 12.5. The molecule has 94 valence electrons. The Morgan fingerprint density at radius 2 is 2.24 bits per heavy atom. The minimum absolute atomic E-state index is 0.0496. The lowest BCUT2D eigenvalue weighted by Gasteiger charge is -2.31. The third-order valence-corrected chi connectivity index (χ3v) is 3.37. The summed E-state index contributed by atoms with van der Waals surface area (Å²) in [6, 6.07) is 0.546. The molecule has 1 saturated heterocycles. The van der Waals surface area contributed by atoms with Crippen molar-refractivity contribution in [2.24, 2.45) is 0 Å². The van der Waals surface area contributed by atoms with Crippen LogP contribution in [0, 0.1) is 0 Å². The molecule has 0 amide bonds. The molecule has 0 spiro atoms. The molecular weight excluding hydrogens is 222 g/mol. The summed E-state index contributed by atoms with van der Waals surface area (Å²) >= 11 is 0. The predicted molar refractivity (Wildman–Crippen MR) is 65.0 cm³/mol. The maximum absolute atomic E-state index is 13.4. The zero-order chi connectivity index (χ0) is 12.3. The molecule has 0 bridgehead atoms. The van der Waals surface area contributed by atoms with Crippen molar-refractivity contribution in [2.45, 2.75) is 31.3 Å². The highest BCUT2D eigenvalue weighted by Crippen LogP contribution is 2.24. The fourth-order valence-electron chi connectivity index (χ4n) is 2.32. The van der Waals surface area contributed by atoms with Crippen molar-refractivity contribution in [1.29, 1.82) is 0 Å². The van der Waals surface area contributed by atoms with Gasteiger partial charge in [0.05, 0.1) is 0 Å². The normalized spacial score (nSPS) is 30.2. The number of hydrogen-bond donors (Lipinski definition) is 2. The lowest BCUT2D eigenvalue weighted by molar-refractivity contribution is 0.360. The van der Waals surface area contributed by atoms with Gasteiger partial charge in [0, 0.05) is 18.5 Å². The van der Waals surface area contributed by atoms with Crippen LogP contribution in [0.4, 0.5) is 8.78 Å². The molecule has 17 heavy (non-hydrogen) atoms. The number of halogens is 2. The highest BCUT2D eigenvalue weighted by atomic mass is 19.2. The molecule has 2 nitrogen and oxygen atoms in total. The maximum atomic E-state index is 13.4. The lowest BCUT2D eigenvalue weighted by atomic mass is 9.93. The third-order valence-electron chi connectivity index (χ3n) is 3.37. The Morgan fingerprint density at radius 1 is 1.41 bits per heavy atom. The summed E-state index contributed by atoms with van der Waals surface area (Å²) in [7, 11) is 1.94. The van der Waals surface area contributed by atoms with Gasteiger partial charge in [-0.3, -0.25) is 0 Å². The van der Waals surface area contributed by atoms with Crippen LogP contribution in [0.5, 0.6) is 0 Å². The molecule has 1 aliphatic heterocycles. The summed E-state index contributed by atoms with van der Waals surface area (Å²) in [5, 5.41) is 6.58. The standard InChI is InChI=1S/C13H18F2N2/c1-16-10-5-6-17-13(8-10)9-3-2-4-11(14)12(15)7-9/h2-3,7,10,13,16-17H,4-6,8H2,1H3. The molecule has 0 saturated carbocycles. The summed E-state index contributed by atoms with van der Waals surface area (Å²) in [4.78, 5) is 0. The first-order valence-electron chi connectivity index (χ1n) is 6.03. The molecule has 2 rings (SSSR count). The average molecular weight is 240 g/mol. The lowest BCUT2D eigenvalue weighted by Crippen LogP contribution is -2.45. The van der Waals surface area contributed by atoms with Gasteiger partial charge in [0.25, 0.3) is 0 Å². The fourth-order valence-corrected chi connectivity index (χ4v) is 2.32. The third kappa shape index (κ3) is 3.01. The molecule has 0 aromatic rings. The highest BCUT2D eigenvalue weighted by molar-refractivity contribution is 5.36. The molecule has 1 aliphatic carbocycles. The van der Waals surface area contributed by atoms with Crippen molar-refractivity contribution in [2.75, 3.05) is 13.6 Å². The molecule has 1 heterocycles. The summed E-state index contributed by atoms with van der Waals surface area (Å²) in [5.41, 5.74) is 0.829. The molecule has 2 unspecified atom stereocenters. The molecule has 2 N–H and O–H groups in total. The molecule has 0 aromatic carbocycles. The van der Waals surface area contributed by atoms with Crippen LogP contribution >= 0.6 is 0 Å². The number of nitrogens with one attached hydrogen (secondary N) is 2. The van der Waals surface area contributed by atoms with Gasteiger partial charge >= 0.3 is 0 Å². The molecule has 4 heteroatoms. The number of allylic oxidation sites excluding steroid dienone is 4. The van der Waals surface area contributed by atoms with Gasteiger partial charge in [0.15, 0.2) is 5.83 Å². The van der Waals surface area contributed by atoms with Gasteiger partial charge in [0.2, 0.25) is 0 Å². The zero-order valence-electron chi connectivity index (χ0n) is 9.97. The fraction of sp³-hybridized carbons (Fsp3) is 0.538. The Kier molecular flexibility index (Phi) is 4.07. The van der Waals surface area contributed by atoms with E-state index in [0.29, 0.717) is 6.04 Å². The molecular formula is C13H18F2N2. The van der Waals surface area contributed by atoms with Crippen LogP contribution in [-0.4, -0.2) is 25.7 Å². The van der Waals surface area contributed by atoms with E-state index in [1.165, 1.54) is 6.08 Å². The monoisotopic (exact) mass is 240 g/mol. The number of piperidine rings is 1. The van der Waals surface area contributed by atoms with E-state index >= 15 is 0 Å². The highest BCUT2D eigenvalue weighted by Gasteiger charge is 2.23. The van der Waals surface area contributed by atoms with E-state index in [0.717, 1.165) is 25.0 Å². The van der Waals surface area contributed by atoms with Gasteiger partial charge in [-0.05, 0) is 38.1 Å². The molecule has 0 radical (unpaired) electrons. The van der Waals surface area contributed by atoms with E-state index in [9.17, 15) is 8.78 Å². The van der Waals surface area contributed by atoms with Gasteiger partial charge in [-0.15, -0.1) is 0 Å². The molecule has 0 aromatic heterocycles. The van der Waals surface area contributed by atoms with Crippen LogP contribution in [0.15, 0.2) is 35.5 Å². The average Bonchev–Trinajstić information content (AvgIpc) is 2.52. The number of hydrogen-bond acceptors (Lipinski definition) is 2. The Balaban J connectivity index is 2.13. The van der Waals surface area contributed by atoms with E-state index < -0.39 is 11.7 Å². The van der Waals surface area contributed by atoms with Crippen molar-refractivity contribution in [3.63, 3.8) is 0 Å². The van der Waals surface area contributed by atoms with Crippen LogP contribution in [0.1, 0.15) is 19.3 Å². The van der Waals surface area contributed by atoms with E-state index in [-0.39, 0.29) is 12.5 Å². The second-order valence-electron chi connectivity index (χ2n) is 4.52. The number of rotatable bonds is 2. The predicted octanol–water partition coefficient (Wildman–Crippen LogP) is 2.36. The van der Waals surface area contributed by atoms with Crippen LogP contribution < -0.4 is 10.6 Å². The Hall–Kier alpha value is -1.00. The SMILES string of the molecule is CNC1CCNC(C2=CC(F)=C(F)CC=C2)C1. The second kappa shape index (κ2) is 5.56. The van der Waals surface area contributed by atoms with E-state index in [2.05, 4.69) is 10.6 Å². The quantitative estimate of drug-likeness (QED) is 0.774. The molecule has 2 atom stereocenters. The minimum Gasteiger partial charge on any atom is -0.317 e. The van der Waals surface area contributed by atoms with Gasteiger partial charge in [-0.2, -0.15) is 0 Å². The Morgan fingerprint density at radius 3 is 3.00 bits per heavy atom. The van der Waals surface area contributed by atoms with Gasteiger partial charge < -0.3 is 10.6 Å². The van der Waals surface area contributed by atoms with Crippen molar-refractivity contribution < 1.29 is 8.78 Å². The largest absolute Gasteiger partial charge is 0.317 e. The minimum atomic E-state index is -0.738. The van der Waals surface area contributed by atoms with Crippen molar-refractivity contribution in [3.05, 3.63) is 35.5 Å². The topological polar surface area (TPSA) is 24.1 Å². The van der Waals surface area contributed by atoms with E-state index in [1.54, 1.807) is 6.08 Å². The van der Waals surface area contributed by atoms with Gasteiger partial charge in [-0.1, -0.05) is 12.2 Å². The molecule has 2 aliphatic rings. The Labute approximate surface area is 100 Å². The first-order chi connectivity index (χ1) is 8.20. The van der Waals surface area contributed by atoms with Crippen molar-refractivity contribution in [1.82, 2.24) is 10.6 Å². The zero-order valence-corrected chi connectivity index (χ0v) is 9.97. The van der Waals surface area contributed by atoms with Gasteiger partial charge in [0.1, 0.15) is 5.83 Å². The first-order valence-corrected chi connectivity index (χ1v) is 6.03. The maximum Gasteiger partial charge on any atom is 0.155 e. The van der Waals surface area contributed by atoms with Crippen LogP contribution in [0.2, 0.25) is 0 Å². The van der Waals surface area contributed by atoms with Crippen molar-refractivity contribution >= 4 is 0 Å². The van der Waals surface area contributed by atoms with E-state index in [4.69, 9.17) is 0 Å². The summed E-state index contributed by atoms with van der Waals surface area (Å²) in [6.45, 7) is 0.898. The summed E-state index contributed by atoms with van der Waals surface area (Å²) in [6.07, 6.45) is 6.83. The second-order valence-corrected chi connectivity index (χ2v) is 4.52. The molecule has 1 fully saturated rings. The van der Waals surface area contributed by atoms with Crippen LogP contribution in [0.3, 0.4) is 0 Å². The summed E-state index contributed by atoms with van der Waals surface area (Å²) in [5.74, 6) is -1.42. The summed E-state index contributed by atoms with van der Waals surface area (Å²) < 4.78 is 26.5. The smallest absolute Gasteiger partial charge is 0.155 e. The van der Waals surface area contributed by atoms with E-state index in [1.807, 2.05) is 13.1 Å².